The van der Waals surface area contributed by atoms with Crippen LogP contribution in [0.2, 0.25) is 0 Å². The van der Waals surface area contributed by atoms with Gasteiger partial charge in [0.15, 0.2) is 5.60 Å². The minimum absolute atomic E-state index is 0.0366. The van der Waals surface area contributed by atoms with Crippen LogP contribution in [0.3, 0.4) is 0 Å². The summed E-state index contributed by atoms with van der Waals surface area (Å²) in [6.45, 7) is 11.7. The van der Waals surface area contributed by atoms with Gasteiger partial charge in [0, 0.05) is 4.47 Å². The molecule has 0 bridgehead atoms. The van der Waals surface area contributed by atoms with Gasteiger partial charge in [-0.15, -0.1) is 0 Å². The summed E-state index contributed by atoms with van der Waals surface area (Å²) in [5.41, 5.74) is -0.747. The third-order valence-electron chi connectivity index (χ3n) is 5.18. The van der Waals surface area contributed by atoms with E-state index in [0.717, 1.165) is 16.5 Å². The highest BCUT2D eigenvalue weighted by Crippen LogP contribution is 2.67. The predicted octanol–water partition coefficient (Wildman–Crippen LogP) is 4.15. The van der Waals surface area contributed by atoms with E-state index in [1.807, 2.05) is 40.7 Å². The third-order valence-corrected chi connectivity index (χ3v) is 5.67. The SMILES string of the molecule is CCc1ccc(Br)cc1C1(C)OC12C(=O)C(C)(C)OC2(C)C. The molecule has 0 N–H and O–H groups in total. The van der Waals surface area contributed by atoms with Crippen molar-refractivity contribution in [2.24, 2.45) is 0 Å². The Morgan fingerprint density at radius 1 is 1.09 bits per heavy atom. The summed E-state index contributed by atoms with van der Waals surface area (Å²) in [7, 11) is 0. The number of Topliss-reactive ketones (excluding diaryl/α,β-unsaturated/α-hetero) is 1. The molecule has 0 aliphatic carbocycles. The van der Waals surface area contributed by atoms with Gasteiger partial charge in [-0.2, -0.15) is 0 Å². The van der Waals surface area contributed by atoms with Gasteiger partial charge in [-0.3, -0.25) is 4.79 Å². The summed E-state index contributed by atoms with van der Waals surface area (Å²) in [6.07, 6.45) is 0.899. The molecule has 22 heavy (non-hydrogen) atoms. The van der Waals surface area contributed by atoms with Crippen LogP contribution in [0.15, 0.2) is 22.7 Å². The molecule has 2 heterocycles. The van der Waals surface area contributed by atoms with Crippen LogP contribution < -0.4 is 0 Å². The van der Waals surface area contributed by atoms with E-state index >= 15 is 0 Å². The topological polar surface area (TPSA) is 38.8 Å². The first-order valence-corrected chi connectivity index (χ1v) is 8.55. The molecule has 120 valence electrons. The van der Waals surface area contributed by atoms with Crippen LogP contribution in [0.1, 0.15) is 52.7 Å². The number of hydrogen-bond acceptors (Lipinski definition) is 3. The van der Waals surface area contributed by atoms with Crippen molar-refractivity contribution in [2.45, 2.75) is 70.4 Å². The van der Waals surface area contributed by atoms with Crippen molar-refractivity contribution >= 4 is 21.7 Å². The van der Waals surface area contributed by atoms with Gasteiger partial charge in [0.1, 0.15) is 16.8 Å². The lowest BCUT2D eigenvalue weighted by Crippen LogP contribution is -2.45. The zero-order valence-electron chi connectivity index (χ0n) is 14.0. The van der Waals surface area contributed by atoms with Gasteiger partial charge < -0.3 is 9.47 Å². The van der Waals surface area contributed by atoms with Crippen LogP contribution in [0, 0.1) is 0 Å². The van der Waals surface area contributed by atoms with Crippen molar-refractivity contribution in [2.75, 3.05) is 0 Å². The van der Waals surface area contributed by atoms with Crippen LogP contribution in [-0.2, 0) is 26.3 Å². The van der Waals surface area contributed by atoms with Crippen LogP contribution in [0.4, 0.5) is 0 Å². The Labute approximate surface area is 140 Å². The third kappa shape index (κ3) is 1.78. The number of aryl methyl sites for hydroxylation is 1. The normalized spacial score (nSPS) is 35.1. The standard InChI is InChI=1S/C18H23BrO3/c1-7-11-8-9-12(19)10-13(11)17(6)18(22-17)14(20)15(2,3)21-16(18,4)5/h8-10H,7H2,1-6H3. The minimum Gasteiger partial charge on any atom is -0.358 e. The van der Waals surface area contributed by atoms with E-state index in [1.165, 1.54) is 5.56 Å². The molecule has 2 aliphatic rings. The number of carbonyl (C=O) groups excluding carboxylic acids is 1. The molecule has 1 spiro atoms. The average Bonchev–Trinajstić information content (AvgIpc) is 3.02. The van der Waals surface area contributed by atoms with Gasteiger partial charge in [-0.25, -0.2) is 0 Å². The Morgan fingerprint density at radius 2 is 1.73 bits per heavy atom. The van der Waals surface area contributed by atoms with E-state index in [9.17, 15) is 4.79 Å². The number of ketones is 1. The molecule has 2 atom stereocenters. The quantitative estimate of drug-likeness (QED) is 0.737. The van der Waals surface area contributed by atoms with Crippen molar-refractivity contribution in [3.05, 3.63) is 33.8 Å². The van der Waals surface area contributed by atoms with Crippen LogP contribution >= 0.6 is 15.9 Å². The van der Waals surface area contributed by atoms with Gasteiger partial charge >= 0.3 is 0 Å². The van der Waals surface area contributed by atoms with Crippen molar-refractivity contribution in [3.63, 3.8) is 0 Å². The summed E-state index contributed by atoms with van der Waals surface area (Å²) < 4.78 is 13.3. The molecule has 3 rings (SSSR count). The first-order valence-electron chi connectivity index (χ1n) is 7.76. The lowest BCUT2D eigenvalue weighted by atomic mass is 9.73. The molecular weight excluding hydrogens is 344 g/mol. The molecule has 2 unspecified atom stereocenters. The highest BCUT2D eigenvalue weighted by Gasteiger charge is 2.85. The molecule has 4 heteroatoms. The predicted molar refractivity (Wildman–Crippen MR) is 88.9 cm³/mol. The number of carbonyl (C=O) groups is 1. The largest absolute Gasteiger partial charge is 0.358 e. The Bertz CT molecular complexity index is 664. The zero-order valence-corrected chi connectivity index (χ0v) is 15.6. The van der Waals surface area contributed by atoms with E-state index in [-0.39, 0.29) is 5.78 Å². The highest BCUT2D eigenvalue weighted by atomic mass is 79.9. The second-order valence-corrected chi connectivity index (χ2v) is 8.34. The van der Waals surface area contributed by atoms with E-state index in [0.29, 0.717) is 0 Å². The molecule has 0 saturated carbocycles. The highest BCUT2D eigenvalue weighted by molar-refractivity contribution is 9.10. The van der Waals surface area contributed by atoms with Crippen molar-refractivity contribution < 1.29 is 14.3 Å². The zero-order chi connectivity index (χ0) is 16.6. The number of benzene rings is 1. The van der Waals surface area contributed by atoms with Gasteiger partial charge in [0.05, 0.1) is 0 Å². The summed E-state index contributed by atoms with van der Waals surface area (Å²) in [5, 5.41) is 0. The number of epoxide rings is 1. The first-order chi connectivity index (χ1) is 10.0. The maximum Gasteiger partial charge on any atom is 0.202 e. The van der Waals surface area contributed by atoms with Crippen LogP contribution in [0.5, 0.6) is 0 Å². The lowest BCUT2D eigenvalue weighted by Gasteiger charge is -2.26. The first kappa shape index (κ1) is 16.2. The molecule has 0 aromatic heterocycles. The van der Waals surface area contributed by atoms with E-state index in [2.05, 4.69) is 35.0 Å². The van der Waals surface area contributed by atoms with E-state index in [1.54, 1.807) is 0 Å². The van der Waals surface area contributed by atoms with Crippen LogP contribution in [0.25, 0.3) is 0 Å². The lowest BCUT2D eigenvalue weighted by molar-refractivity contribution is -0.132. The Kier molecular flexibility index (Phi) is 3.25. The fourth-order valence-electron chi connectivity index (χ4n) is 4.24. The second kappa shape index (κ2) is 4.43. The number of halogens is 1. The molecule has 2 fully saturated rings. The molecule has 2 aliphatic heterocycles. The maximum absolute atomic E-state index is 13.0. The molecular formula is C18H23BrO3. The molecule has 3 nitrogen and oxygen atoms in total. The van der Waals surface area contributed by atoms with Crippen LogP contribution in [-0.4, -0.2) is 22.6 Å². The minimum atomic E-state index is -0.909. The summed E-state index contributed by atoms with van der Waals surface area (Å²) in [4.78, 5) is 13.0. The molecule has 1 aromatic carbocycles. The second-order valence-electron chi connectivity index (χ2n) is 7.42. The smallest absolute Gasteiger partial charge is 0.202 e. The molecule has 2 saturated heterocycles. The fraction of sp³-hybridized carbons (Fsp3) is 0.611. The molecule has 1 aromatic rings. The fourth-order valence-corrected chi connectivity index (χ4v) is 4.60. The number of rotatable bonds is 2. The Morgan fingerprint density at radius 3 is 2.23 bits per heavy atom. The van der Waals surface area contributed by atoms with E-state index in [4.69, 9.17) is 9.47 Å². The molecule has 0 amide bonds. The summed E-state index contributed by atoms with van der Waals surface area (Å²) in [5.74, 6) is 0.0366. The molecule has 0 radical (unpaired) electrons. The van der Waals surface area contributed by atoms with Gasteiger partial charge in [0.25, 0.3) is 0 Å². The van der Waals surface area contributed by atoms with Crippen molar-refractivity contribution in [3.8, 4) is 0 Å². The summed E-state index contributed by atoms with van der Waals surface area (Å²) in [6, 6.07) is 6.20. The van der Waals surface area contributed by atoms with Gasteiger partial charge in [0.2, 0.25) is 5.78 Å². The van der Waals surface area contributed by atoms with Crippen molar-refractivity contribution in [1.82, 2.24) is 0 Å². The van der Waals surface area contributed by atoms with E-state index < -0.39 is 22.4 Å². The number of ether oxygens (including phenoxy) is 2. The van der Waals surface area contributed by atoms with Gasteiger partial charge in [-0.1, -0.05) is 28.9 Å². The summed E-state index contributed by atoms with van der Waals surface area (Å²) >= 11 is 3.54. The Balaban J connectivity index is 2.16. The van der Waals surface area contributed by atoms with Crippen molar-refractivity contribution in [1.29, 1.82) is 0 Å². The maximum atomic E-state index is 13.0. The van der Waals surface area contributed by atoms with Gasteiger partial charge in [-0.05, 0) is 64.3 Å². The monoisotopic (exact) mass is 366 g/mol. The Hall–Kier alpha value is -0.710. The average molecular weight is 367 g/mol. The number of hydrogen-bond donors (Lipinski definition) is 0.